The summed E-state index contributed by atoms with van der Waals surface area (Å²) in [6.45, 7) is 4.08. The minimum Gasteiger partial charge on any atom is -0.504 e. The molecule has 1 rings (SSSR count). The number of benzene rings is 1. The first-order chi connectivity index (χ1) is 6.22. The number of aromatic hydroxyl groups is 2. The Morgan fingerprint density at radius 1 is 1.31 bits per heavy atom. The van der Waals surface area contributed by atoms with Gasteiger partial charge >= 0.3 is 0 Å². The van der Waals surface area contributed by atoms with Gasteiger partial charge in [-0.05, 0) is 12.1 Å². The summed E-state index contributed by atoms with van der Waals surface area (Å²) in [5.74, 6) is -0.153. The van der Waals surface area contributed by atoms with Crippen LogP contribution in [0.5, 0.6) is 11.5 Å². The molecule has 3 nitrogen and oxygen atoms in total. The highest BCUT2D eigenvalue weighted by Gasteiger charge is 1.90. The third kappa shape index (κ3) is 5.81. The maximum atomic E-state index is 8.67. The fraction of sp³-hybridized carbons (Fsp3) is 0.111. The van der Waals surface area contributed by atoms with Gasteiger partial charge in [-0.1, -0.05) is 18.2 Å². The molecule has 0 radical (unpaired) electrons. The second-order valence-corrected chi connectivity index (χ2v) is 2.23. The Balaban J connectivity index is 0.000000252. The van der Waals surface area contributed by atoms with Crippen LogP contribution in [0.2, 0.25) is 0 Å². The molecule has 0 heterocycles. The average molecular weight is 180 g/mol. The molecule has 0 aliphatic rings. The van der Waals surface area contributed by atoms with Crippen molar-refractivity contribution in [3.63, 3.8) is 0 Å². The first kappa shape index (κ1) is 11.6. The highest BCUT2D eigenvalue weighted by atomic mass is 16.4. The zero-order valence-corrected chi connectivity index (χ0v) is 7.60. The van der Waals surface area contributed by atoms with Gasteiger partial charge in [0, 0.05) is 6.61 Å². The number of phenols is 2. The largest absolute Gasteiger partial charge is 0.504 e. The van der Waals surface area contributed by atoms with Gasteiger partial charge in [-0.3, -0.25) is 0 Å². The van der Waals surface area contributed by atoms with Gasteiger partial charge in [-0.15, -0.1) is 6.58 Å². The Labute approximate surface area is 78.7 Å². The zero-order valence-electron chi connectivity index (χ0n) is 7.60. The van der Waals surface area contributed by atoms with Crippen LogP contribution in [0.15, 0.2) is 36.9 Å². The number of hydrogen-bond donors (Lipinski definition) is 2. The predicted molar refractivity (Wildman–Crippen MR) is 54.5 cm³/mol. The molecule has 0 saturated heterocycles. The van der Waals surface area contributed by atoms with Gasteiger partial charge in [-0.25, -0.2) is 0 Å². The Morgan fingerprint density at radius 3 is 1.92 bits per heavy atom. The van der Waals surface area contributed by atoms with Gasteiger partial charge in [0.15, 0.2) is 11.5 Å². The average Bonchev–Trinajstić information content (AvgIpc) is 2.13. The maximum absolute atomic E-state index is 8.67. The van der Waals surface area contributed by atoms with Crippen molar-refractivity contribution in [2.45, 2.75) is 0 Å². The molecule has 0 amide bonds. The Morgan fingerprint density at radius 2 is 1.77 bits per heavy atom. The van der Waals surface area contributed by atoms with Crippen LogP contribution >= 0.6 is 0 Å². The van der Waals surface area contributed by atoms with Crippen LogP contribution in [0.1, 0.15) is 0 Å². The van der Waals surface area contributed by atoms with Crippen LogP contribution in [0.3, 0.4) is 0 Å². The van der Waals surface area contributed by atoms with Crippen molar-refractivity contribution in [2.75, 3.05) is 6.61 Å². The van der Waals surface area contributed by atoms with E-state index >= 15 is 0 Å². The molecule has 0 aliphatic carbocycles. The molecule has 0 fully saturated rings. The first-order valence-corrected chi connectivity index (χ1v) is 3.79. The van der Waals surface area contributed by atoms with Crippen molar-refractivity contribution in [1.82, 2.24) is 0 Å². The monoisotopic (exact) mass is 180 g/mol. The van der Waals surface area contributed by atoms with Crippen molar-refractivity contribution in [1.29, 1.82) is 0 Å². The summed E-state index contributed by atoms with van der Waals surface area (Å²) in [4.78, 5) is 0. The highest BCUT2D eigenvalue weighted by molar-refractivity contribution is 5.98. The smallest absolute Gasteiger partial charge is 0.257 e. The quantitative estimate of drug-likeness (QED) is 0.402. The molecule has 0 spiro atoms. The minimum absolute atomic E-state index is 0.0764. The van der Waals surface area contributed by atoms with Crippen molar-refractivity contribution < 1.29 is 14.9 Å². The lowest BCUT2D eigenvalue weighted by molar-refractivity contribution is 0.402. The molecule has 0 aromatic heterocycles. The summed E-state index contributed by atoms with van der Waals surface area (Å²) in [5, 5.41) is 17.3. The standard InChI is InChI=1S/C6H6O2.C3H7BO/c7-5-3-1-2-4-6(5)8;1-2-3-5-4/h1-4,7-8H;2H,1,3-4H2. The van der Waals surface area contributed by atoms with E-state index in [1.54, 1.807) is 26.3 Å². The van der Waals surface area contributed by atoms with E-state index in [0.717, 1.165) is 0 Å². The Hall–Kier alpha value is -1.42. The number of para-hydroxylation sites is 2. The van der Waals surface area contributed by atoms with Crippen molar-refractivity contribution in [3.05, 3.63) is 36.9 Å². The van der Waals surface area contributed by atoms with Crippen molar-refractivity contribution in [2.24, 2.45) is 0 Å². The number of rotatable bonds is 2. The van der Waals surface area contributed by atoms with Crippen LogP contribution < -0.4 is 0 Å². The molecule has 1 aromatic carbocycles. The van der Waals surface area contributed by atoms with E-state index in [1.165, 1.54) is 12.1 Å². The van der Waals surface area contributed by atoms with E-state index in [0.29, 0.717) is 6.61 Å². The molecular formula is C9H13BO3. The second kappa shape index (κ2) is 7.25. The normalized spacial score (nSPS) is 8.31. The van der Waals surface area contributed by atoms with E-state index in [9.17, 15) is 0 Å². The van der Waals surface area contributed by atoms with Crippen LogP contribution in [0, 0.1) is 0 Å². The van der Waals surface area contributed by atoms with Crippen LogP contribution in [-0.2, 0) is 4.65 Å². The second-order valence-electron chi connectivity index (χ2n) is 2.23. The minimum atomic E-state index is -0.0764. The third-order valence-corrected chi connectivity index (χ3v) is 1.17. The maximum Gasteiger partial charge on any atom is 0.257 e. The molecule has 0 atom stereocenters. The molecular weight excluding hydrogens is 167 g/mol. The number of phenolic OH excluding ortho intramolecular Hbond substituents is 2. The van der Waals surface area contributed by atoms with Crippen LogP contribution in [0.4, 0.5) is 0 Å². The summed E-state index contributed by atoms with van der Waals surface area (Å²) in [7, 11) is 1.64. The van der Waals surface area contributed by atoms with Gasteiger partial charge in [0.25, 0.3) is 8.05 Å². The fourth-order valence-corrected chi connectivity index (χ4v) is 0.582. The topological polar surface area (TPSA) is 49.7 Å². The summed E-state index contributed by atoms with van der Waals surface area (Å²) in [6, 6.07) is 6.15. The molecule has 1 aromatic rings. The molecule has 0 saturated carbocycles. The molecule has 0 aliphatic heterocycles. The summed E-state index contributed by atoms with van der Waals surface area (Å²) >= 11 is 0. The van der Waals surface area contributed by atoms with Gasteiger partial charge in [-0.2, -0.15) is 0 Å². The van der Waals surface area contributed by atoms with Gasteiger partial charge in [0.1, 0.15) is 0 Å². The number of hydrogen-bond acceptors (Lipinski definition) is 3. The third-order valence-electron chi connectivity index (χ3n) is 1.17. The summed E-state index contributed by atoms with van der Waals surface area (Å²) in [6.07, 6.45) is 1.71. The summed E-state index contributed by atoms with van der Waals surface area (Å²) < 4.78 is 4.57. The van der Waals surface area contributed by atoms with E-state index in [4.69, 9.17) is 10.2 Å². The molecule has 0 bridgehead atoms. The highest BCUT2D eigenvalue weighted by Crippen LogP contribution is 2.21. The Kier molecular flexibility index (Phi) is 6.46. The van der Waals surface area contributed by atoms with Crippen molar-refractivity contribution in [3.8, 4) is 11.5 Å². The Bertz CT molecular complexity index is 229. The molecule has 2 N–H and O–H groups in total. The van der Waals surface area contributed by atoms with E-state index in [2.05, 4.69) is 11.2 Å². The SMILES string of the molecule is BOCC=C.Oc1ccccc1O. The lowest BCUT2D eigenvalue weighted by Gasteiger charge is -1.91. The van der Waals surface area contributed by atoms with Crippen molar-refractivity contribution >= 4 is 8.05 Å². The van der Waals surface area contributed by atoms with Crippen LogP contribution in [0.25, 0.3) is 0 Å². The lowest BCUT2D eigenvalue weighted by Crippen LogP contribution is -1.79. The van der Waals surface area contributed by atoms with E-state index in [1.807, 2.05) is 0 Å². The molecule has 4 heteroatoms. The van der Waals surface area contributed by atoms with E-state index in [-0.39, 0.29) is 11.5 Å². The van der Waals surface area contributed by atoms with Gasteiger partial charge in [0.2, 0.25) is 0 Å². The van der Waals surface area contributed by atoms with Crippen LogP contribution in [-0.4, -0.2) is 24.9 Å². The lowest BCUT2D eigenvalue weighted by atomic mass is 10.3. The summed E-state index contributed by atoms with van der Waals surface area (Å²) in [5.41, 5.74) is 0. The zero-order chi connectivity index (χ0) is 10.1. The fourth-order valence-electron chi connectivity index (χ4n) is 0.582. The molecule has 13 heavy (non-hydrogen) atoms. The molecule has 0 unspecified atom stereocenters. The molecule has 70 valence electrons. The van der Waals surface area contributed by atoms with E-state index < -0.39 is 0 Å². The predicted octanol–water partition coefficient (Wildman–Crippen LogP) is 0.835. The van der Waals surface area contributed by atoms with Gasteiger partial charge < -0.3 is 14.9 Å². The van der Waals surface area contributed by atoms with Gasteiger partial charge in [0.05, 0.1) is 0 Å². The first-order valence-electron chi connectivity index (χ1n) is 3.79.